The molecule has 6 rings (SSSR count). The van der Waals surface area contributed by atoms with Gasteiger partial charge in [-0.05, 0) is 86.0 Å². The number of imide groups is 1. The van der Waals surface area contributed by atoms with Crippen molar-refractivity contribution in [2.24, 2.45) is 47.2 Å². The number of likely N-dealkylation sites (tertiary alicyclic amines) is 2. The zero-order chi connectivity index (χ0) is 83.0. The molecule has 29 nitrogen and oxygen atoms in total. The standard InChI is InChI=1S/C79H118N10O19S4/c1-15-47(8)65(59(106-13)40-62(95)88-35-20-25-55(88)67(107-14)48(9)72(97)82-49(10)66(96)51-22-17-16-18-23-51)85(11)74(99)54(44(2)3)39-58(92)64(46(6)7)86(12)79(105)108-41-50-27-29-53(30-28-50)83-73(98)52(24-19-33-81-78(80)104)38-57(91)63(45(4)5)84-60(93)31-32-61(94)87(34-21-26-56(90)68-71(77(102)103)112-42-109-68)36-37-89-75(100)69-70(76(89)101)111-43-110-69/h16-18,22-23,27-30,44-49,52,54-55,59,63-71,96H,15,19-21,24-26,31-43H2,1-14H3,(H,82,97)(H,83,98)(H,84,93)(H,102,103)(H3,80,81,104)/t47-,48+,49+,52+,54-,55-,59+,63-,64-,65-,66+,67+,68?,69?,70?,71?/m0/s1. The summed E-state index contributed by atoms with van der Waals surface area (Å²) in [6.07, 6.45) is -2.20. The average Bonchev–Trinajstić information content (AvgIpc) is 1.61. The number of hydrogen-bond acceptors (Lipinski definition) is 22. The van der Waals surface area contributed by atoms with Crippen LogP contribution < -0.4 is 27.0 Å². The first kappa shape index (κ1) is 93.6. The van der Waals surface area contributed by atoms with Crippen LogP contribution in [0.15, 0.2) is 54.6 Å². The molecule has 2 aromatic carbocycles. The number of amides is 11. The topological polar surface area (TPSA) is 397 Å². The second-order valence-corrected chi connectivity index (χ2v) is 35.8. The van der Waals surface area contributed by atoms with Crippen molar-refractivity contribution >= 4 is 135 Å². The summed E-state index contributed by atoms with van der Waals surface area (Å²) >= 11 is 5.19. The number of ether oxygens (including phenoxy) is 3. The van der Waals surface area contributed by atoms with Gasteiger partial charge in [-0.25, -0.2) is 9.59 Å². The van der Waals surface area contributed by atoms with Crippen molar-refractivity contribution in [1.82, 2.24) is 40.4 Å². The molecule has 4 unspecified atom stereocenters. The lowest BCUT2D eigenvalue weighted by atomic mass is 9.83. The quantitative estimate of drug-likeness (QED) is 0.0248. The zero-order valence-corrected chi connectivity index (χ0v) is 70.4. The van der Waals surface area contributed by atoms with Crippen molar-refractivity contribution in [1.29, 1.82) is 0 Å². The molecule has 2 aromatic rings. The lowest BCUT2D eigenvalue weighted by Gasteiger charge is -2.41. The highest BCUT2D eigenvalue weighted by molar-refractivity contribution is 8.21. The Kier molecular flexibility index (Phi) is 37.7. The first-order valence-electron chi connectivity index (χ1n) is 38.7. The van der Waals surface area contributed by atoms with E-state index in [4.69, 9.17) is 19.9 Å². The van der Waals surface area contributed by atoms with Crippen LogP contribution in [-0.4, -0.2) is 252 Å². The van der Waals surface area contributed by atoms with Gasteiger partial charge in [0.25, 0.3) is 0 Å². The summed E-state index contributed by atoms with van der Waals surface area (Å²) in [5.74, 6) is -9.41. The minimum absolute atomic E-state index is 0.0180. The number of carboxylic acid groups (broad SMARTS) is 1. The summed E-state index contributed by atoms with van der Waals surface area (Å²) in [6, 6.07) is 10.9. The summed E-state index contributed by atoms with van der Waals surface area (Å²) < 4.78 is 17.9. The van der Waals surface area contributed by atoms with Crippen LogP contribution in [0, 0.1) is 41.4 Å². The first-order valence-corrected chi connectivity index (χ1v) is 42.9. The van der Waals surface area contributed by atoms with Crippen molar-refractivity contribution in [2.75, 3.05) is 76.5 Å². The highest BCUT2D eigenvalue weighted by Crippen LogP contribution is 2.43. The monoisotopic (exact) mass is 1640 g/mol. The maximum Gasteiger partial charge on any atom is 0.410 e. The number of anilines is 1. The van der Waals surface area contributed by atoms with Crippen molar-refractivity contribution < 1.29 is 91.5 Å². The molecule has 4 aliphatic rings. The number of carbonyl (C=O) groups is 14. The van der Waals surface area contributed by atoms with E-state index in [1.54, 1.807) is 94.8 Å². The van der Waals surface area contributed by atoms with Crippen LogP contribution in [-0.2, 0) is 78.4 Å². The highest BCUT2D eigenvalue weighted by Gasteiger charge is 2.52. The number of methoxy groups -OCH3 is 2. The number of ketones is 3. The summed E-state index contributed by atoms with van der Waals surface area (Å²) in [7, 11) is 6.14. The molecule has 0 aromatic heterocycles. The maximum absolute atomic E-state index is 15.0. The normalized spacial score (nSPS) is 20.5. The number of aliphatic carboxylic acids is 1. The van der Waals surface area contributed by atoms with E-state index in [1.165, 1.54) is 78.1 Å². The van der Waals surface area contributed by atoms with Gasteiger partial charge >= 0.3 is 18.1 Å². The fourth-order valence-electron chi connectivity index (χ4n) is 15.1. The maximum atomic E-state index is 15.0. The molecule has 0 aliphatic carbocycles. The molecule has 0 radical (unpaired) electrons. The van der Waals surface area contributed by atoms with E-state index in [0.29, 0.717) is 52.8 Å². The SMILES string of the molecule is CC[C@H](C)[C@@H]([C@@H](CC(=O)N1CCC[C@H]1[C@H](OC)[C@@H](C)C(=O)N[C@H](C)[C@@H](O)c1ccccc1)OC)N(C)C(=O)[C@@H](CC(=O)[C@H](C(C)C)N(C)C(=O)OCc1ccc(NC(=O)[C@H](CCCNC(N)=O)CC(=O)[C@@H](NC(=O)CCC(=O)N(CCCC(=O)C2SCSC2C(=O)O)CCN2C(=O)C3SCSC3C2=O)C(C)C)cc1)C(C)C. The van der Waals surface area contributed by atoms with E-state index < -0.39 is 141 Å². The van der Waals surface area contributed by atoms with Crippen LogP contribution in [0.1, 0.15) is 164 Å². The number of thioether (sulfide) groups is 4. The average molecular weight is 1640 g/mol. The third-order valence-corrected chi connectivity index (χ3v) is 27.6. The number of primary amides is 1. The zero-order valence-electron chi connectivity index (χ0n) is 67.1. The number of nitrogens with two attached hydrogens (primary N) is 1. The summed E-state index contributed by atoms with van der Waals surface area (Å²) in [5.41, 5.74) is 6.81. The Balaban J connectivity index is 1.04. The molecule has 4 fully saturated rings. The highest BCUT2D eigenvalue weighted by atomic mass is 32.2. The minimum Gasteiger partial charge on any atom is -0.480 e. The molecule has 33 heteroatoms. The first-order chi connectivity index (χ1) is 53.1. The van der Waals surface area contributed by atoms with Crippen molar-refractivity contribution in [3.8, 4) is 0 Å². The number of urea groups is 1. The van der Waals surface area contributed by atoms with Crippen LogP contribution in [0.2, 0.25) is 0 Å². The molecule has 4 heterocycles. The molecule has 112 heavy (non-hydrogen) atoms. The number of nitrogens with one attached hydrogen (secondary N) is 4. The third kappa shape index (κ3) is 25.9. The molecule has 4 aliphatic heterocycles. The molecule has 622 valence electrons. The lowest BCUT2D eigenvalue weighted by Crippen LogP contribution is -2.55. The number of Topliss-reactive ketones (excluding diaryl/α,β-unsaturated/α-hetero) is 3. The van der Waals surface area contributed by atoms with Gasteiger partial charge in [0.05, 0.1) is 66.1 Å². The van der Waals surface area contributed by atoms with Gasteiger partial charge in [-0.15, -0.1) is 47.0 Å². The second-order valence-electron chi connectivity index (χ2n) is 30.6. The largest absolute Gasteiger partial charge is 0.480 e. The fraction of sp³-hybridized carbons (Fsp3) is 0.671. The Morgan fingerprint density at radius 3 is 1.94 bits per heavy atom. The molecule has 0 bridgehead atoms. The van der Waals surface area contributed by atoms with E-state index in [9.17, 15) is 77.3 Å². The minimum atomic E-state index is -1.10. The number of likely N-dealkylation sites (N-methyl/N-ethyl adjacent to an activating group) is 2. The number of carbonyl (C=O) groups excluding carboxylic acids is 13. The Hall–Kier alpha value is -7.30. The number of hydrogen-bond donors (Lipinski definition) is 7. The molecule has 11 amide bonds. The Bertz CT molecular complexity index is 3560. The van der Waals surface area contributed by atoms with Crippen molar-refractivity contribution in [3.63, 3.8) is 0 Å². The van der Waals surface area contributed by atoms with Gasteiger partial charge in [0.15, 0.2) is 11.6 Å². The smallest absolute Gasteiger partial charge is 0.410 e. The van der Waals surface area contributed by atoms with E-state index in [1.807, 2.05) is 45.9 Å². The second kappa shape index (κ2) is 45.1. The lowest BCUT2D eigenvalue weighted by molar-refractivity contribution is -0.149. The molecule has 0 spiro atoms. The Morgan fingerprint density at radius 2 is 1.35 bits per heavy atom. The van der Waals surface area contributed by atoms with Gasteiger partial charge in [0.2, 0.25) is 47.3 Å². The van der Waals surface area contributed by atoms with Gasteiger partial charge in [0.1, 0.15) is 28.1 Å². The summed E-state index contributed by atoms with van der Waals surface area (Å²) in [5, 5.41) is 30.0. The van der Waals surface area contributed by atoms with Gasteiger partial charge in [0, 0.05) is 121 Å². The fourth-order valence-corrected chi connectivity index (χ4v) is 21.2. The summed E-state index contributed by atoms with van der Waals surface area (Å²) in [6.45, 7) is 18.3. The molecule has 4 saturated heterocycles. The third-order valence-electron chi connectivity index (χ3n) is 21.7. The Morgan fingerprint density at radius 1 is 0.705 bits per heavy atom. The Labute approximate surface area is 675 Å². The van der Waals surface area contributed by atoms with Crippen LogP contribution >= 0.6 is 47.0 Å². The van der Waals surface area contributed by atoms with Gasteiger partial charge in [-0.2, -0.15) is 0 Å². The number of benzene rings is 2. The molecule has 0 saturated carbocycles. The van der Waals surface area contributed by atoms with Crippen LogP contribution in [0.4, 0.5) is 15.3 Å². The van der Waals surface area contributed by atoms with E-state index in [2.05, 4.69) is 21.3 Å². The molecule has 16 atom stereocenters. The van der Waals surface area contributed by atoms with E-state index in [0.717, 1.165) is 4.90 Å². The van der Waals surface area contributed by atoms with Crippen molar-refractivity contribution in [3.05, 3.63) is 65.7 Å². The van der Waals surface area contributed by atoms with Gasteiger partial charge < -0.3 is 71.0 Å². The molecule has 8 N–H and O–H groups in total. The van der Waals surface area contributed by atoms with Crippen LogP contribution in [0.25, 0.3) is 0 Å². The number of aliphatic hydroxyl groups excluding tert-OH is 1. The number of carboxylic acids is 1. The number of nitrogens with zero attached hydrogens (tertiary/aromatic N) is 5. The van der Waals surface area contributed by atoms with Crippen LogP contribution in [0.3, 0.4) is 0 Å². The van der Waals surface area contributed by atoms with Gasteiger partial charge in [-0.1, -0.05) is 111 Å². The molecular weight excluding hydrogens is 1520 g/mol. The van der Waals surface area contributed by atoms with E-state index >= 15 is 0 Å². The summed E-state index contributed by atoms with van der Waals surface area (Å²) in [4.78, 5) is 198. The predicted octanol–water partition coefficient (Wildman–Crippen LogP) is 7.53. The number of fused-ring (bicyclic) bond motifs is 1. The van der Waals surface area contributed by atoms with Crippen LogP contribution in [0.5, 0.6) is 0 Å². The van der Waals surface area contributed by atoms with Gasteiger partial charge in [-0.3, -0.25) is 62.4 Å². The molecular formula is C79H118N10O19S4. The number of rotatable bonds is 46. The number of aliphatic hydroxyl groups is 1. The van der Waals surface area contributed by atoms with Crippen molar-refractivity contribution in [2.45, 2.75) is 222 Å². The predicted molar refractivity (Wildman–Crippen MR) is 431 cm³/mol. The van der Waals surface area contributed by atoms with E-state index in [-0.39, 0.29) is 144 Å².